The second-order valence-electron chi connectivity index (χ2n) is 6.52. The summed E-state index contributed by atoms with van der Waals surface area (Å²) in [7, 11) is 1.89. The molecule has 0 aromatic carbocycles. The summed E-state index contributed by atoms with van der Waals surface area (Å²) >= 11 is 3.62. The van der Waals surface area contributed by atoms with Crippen molar-refractivity contribution in [2.75, 3.05) is 5.73 Å². The Morgan fingerprint density at radius 1 is 1.25 bits per heavy atom. The molecule has 4 N–H and O–H groups in total. The van der Waals surface area contributed by atoms with Crippen LogP contribution >= 0.6 is 15.9 Å². The van der Waals surface area contributed by atoms with Crippen LogP contribution in [0, 0.1) is 0 Å². The molecule has 24 heavy (non-hydrogen) atoms. The molecule has 1 aliphatic rings. The molecule has 0 amide bonds. The fourth-order valence-corrected chi connectivity index (χ4v) is 4.10. The molecular formula is C16H20BrN7. The van der Waals surface area contributed by atoms with Crippen molar-refractivity contribution in [2.24, 2.45) is 12.8 Å². The Balaban J connectivity index is 1.87. The van der Waals surface area contributed by atoms with Gasteiger partial charge >= 0.3 is 0 Å². The maximum absolute atomic E-state index is 6.32. The predicted molar refractivity (Wildman–Crippen MR) is 96.5 cm³/mol. The van der Waals surface area contributed by atoms with E-state index >= 15 is 0 Å². The molecule has 7 nitrogen and oxygen atoms in total. The number of hydrogen-bond donors (Lipinski definition) is 2. The van der Waals surface area contributed by atoms with Crippen molar-refractivity contribution in [1.82, 2.24) is 24.4 Å². The summed E-state index contributed by atoms with van der Waals surface area (Å²) in [5.41, 5.74) is 16.1. The minimum Gasteiger partial charge on any atom is -0.383 e. The van der Waals surface area contributed by atoms with Crippen LogP contribution in [0.5, 0.6) is 0 Å². The summed E-state index contributed by atoms with van der Waals surface area (Å²) in [6.07, 6.45) is 9.79. The summed E-state index contributed by atoms with van der Waals surface area (Å²) < 4.78 is 4.27. The molecule has 3 aromatic rings. The molecule has 2 atom stereocenters. The Morgan fingerprint density at radius 3 is 2.79 bits per heavy atom. The van der Waals surface area contributed by atoms with Gasteiger partial charge in [0.25, 0.3) is 0 Å². The number of anilines is 1. The number of hydrogen-bond acceptors (Lipinski definition) is 5. The molecule has 0 radical (unpaired) electrons. The van der Waals surface area contributed by atoms with E-state index in [9.17, 15) is 0 Å². The number of aryl methyl sites for hydroxylation is 1. The predicted octanol–water partition coefficient (Wildman–Crippen LogP) is 2.46. The third-order valence-electron chi connectivity index (χ3n) is 4.77. The number of halogens is 1. The summed E-state index contributed by atoms with van der Waals surface area (Å²) in [5.74, 6) is 0.899. The molecule has 1 saturated carbocycles. The van der Waals surface area contributed by atoms with Crippen LogP contribution in [-0.4, -0.2) is 30.4 Å². The van der Waals surface area contributed by atoms with Crippen LogP contribution in [0.3, 0.4) is 0 Å². The molecule has 0 spiro atoms. The van der Waals surface area contributed by atoms with Gasteiger partial charge in [-0.15, -0.1) is 0 Å². The van der Waals surface area contributed by atoms with Gasteiger partial charge in [-0.2, -0.15) is 14.7 Å². The van der Waals surface area contributed by atoms with Gasteiger partial charge in [0.1, 0.15) is 5.82 Å². The van der Waals surface area contributed by atoms with Gasteiger partial charge in [0.15, 0.2) is 5.65 Å². The van der Waals surface area contributed by atoms with Gasteiger partial charge in [0, 0.05) is 36.3 Å². The molecule has 0 bridgehead atoms. The van der Waals surface area contributed by atoms with Gasteiger partial charge < -0.3 is 11.5 Å². The maximum Gasteiger partial charge on any atom is 0.165 e. The second-order valence-corrected chi connectivity index (χ2v) is 7.31. The number of rotatable bonds is 2. The second kappa shape index (κ2) is 5.86. The van der Waals surface area contributed by atoms with Gasteiger partial charge in [0.05, 0.1) is 22.6 Å². The van der Waals surface area contributed by atoms with Crippen LogP contribution in [0.2, 0.25) is 0 Å². The first kappa shape index (κ1) is 15.6. The quantitative estimate of drug-likeness (QED) is 0.700. The van der Waals surface area contributed by atoms with Crippen molar-refractivity contribution in [2.45, 2.75) is 37.6 Å². The zero-order chi connectivity index (χ0) is 16.8. The highest BCUT2D eigenvalue weighted by atomic mass is 79.9. The zero-order valence-electron chi connectivity index (χ0n) is 13.5. The maximum atomic E-state index is 6.32. The first-order chi connectivity index (χ1) is 11.5. The van der Waals surface area contributed by atoms with Crippen LogP contribution in [0.4, 0.5) is 5.82 Å². The van der Waals surface area contributed by atoms with E-state index < -0.39 is 0 Å². The lowest BCUT2D eigenvalue weighted by Crippen LogP contribution is -2.27. The standard InChI is InChI=1S/C16H20BrN7/c1-23-8-10(6-20-23)12-7-21-24-15(19)13(17)14(22-16(12)24)9-3-2-4-11(18)5-9/h6-9,11H,2-5,18-19H2,1H3. The van der Waals surface area contributed by atoms with E-state index in [1.165, 1.54) is 0 Å². The van der Waals surface area contributed by atoms with E-state index in [0.29, 0.717) is 11.7 Å². The Morgan fingerprint density at radius 2 is 2.08 bits per heavy atom. The smallest absolute Gasteiger partial charge is 0.165 e. The highest BCUT2D eigenvalue weighted by Crippen LogP contribution is 2.38. The minimum atomic E-state index is 0.234. The molecule has 126 valence electrons. The molecule has 0 saturated heterocycles. The van der Waals surface area contributed by atoms with Gasteiger partial charge in [-0.05, 0) is 35.2 Å². The van der Waals surface area contributed by atoms with Crippen LogP contribution in [0.1, 0.15) is 37.3 Å². The van der Waals surface area contributed by atoms with E-state index in [4.69, 9.17) is 16.5 Å². The monoisotopic (exact) mass is 389 g/mol. The van der Waals surface area contributed by atoms with Gasteiger partial charge in [-0.25, -0.2) is 4.98 Å². The van der Waals surface area contributed by atoms with E-state index in [2.05, 4.69) is 26.1 Å². The van der Waals surface area contributed by atoms with E-state index in [-0.39, 0.29) is 6.04 Å². The van der Waals surface area contributed by atoms with Crippen molar-refractivity contribution in [1.29, 1.82) is 0 Å². The topological polar surface area (TPSA) is 100 Å². The average Bonchev–Trinajstić information content (AvgIpc) is 3.16. The SMILES string of the molecule is Cn1cc(-c2cnn3c(N)c(Br)c(C4CCCC(N)C4)nc23)cn1. The van der Waals surface area contributed by atoms with Crippen LogP contribution in [0.25, 0.3) is 16.8 Å². The summed E-state index contributed by atoms with van der Waals surface area (Å²) in [4.78, 5) is 4.92. The Labute approximate surface area is 148 Å². The van der Waals surface area contributed by atoms with E-state index in [1.807, 2.05) is 19.4 Å². The van der Waals surface area contributed by atoms with Crippen molar-refractivity contribution >= 4 is 27.4 Å². The fourth-order valence-electron chi connectivity index (χ4n) is 3.52. The molecule has 4 rings (SSSR count). The number of aromatic nitrogens is 5. The fraction of sp³-hybridized carbons (Fsp3) is 0.438. The normalized spacial score (nSPS) is 21.5. The van der Waals surface area contributed by atoms with Crippen molar-refractivity contribution in [3.8, 4) is 11.1 Å². The highest BCUT2D eigenvalue weighted by Gasteiger charge is 2.26. The average molecular weight is 390 g/mol. The Kier molecular flexibility index (Phi) is 3.80. The lowest BCUT2D eigenvalue weighted by Gasteiger charge is -2.27. The van der Waals surface area contributed by atoms with E-state index in [1.54, 1.807) is 15.4 Å². The third-order valence-corrected chi connectivity index (χ3v) is 5.58. The van der Waals surface area contributed by atoms with Crippen molar-refractivity contribution in [3.05, 3.63) is 28.8 Å². The molecule has 8 heteroatoms. The number of nitrogens with two attached hydrogens (primary N) is 2. The molecule has 3 aromatic heterocycles. The van der Waals surface area contributed by atoms with Crippen molar-refractivity contribution < 1.29 is 0 Å². The van der Waals surface area contributed by atoms with Crippen LogP contribution in [-0.2, 0) is 7.05 Å². The first-order valence-corrected chi connectivity index (χ1v) is 8.91. The zero-order valence-corrected chi connectivity index (χ0v) is 15.1. The highest BCUT2D eigenvalue weighted by molar-refractivity contribution is 9.10. The molecule has 3 heterocycles. The van der Waals surface area contributed by atoms with Crippen LogP contribution in [0.15, 0.2) is 23.1 Å². The summed E-state index contributed by atoms with van der Waals surface area (Å²) in [6, 6.07) is 0.234. The van der Waals surface area contributed by atoms with Gasteiger partial charge in [0.2, 0.25) is 0 Å². The lowest BCUT2D eigenvalue weighted by molar-refractivity contribution is 0.387. The third kappa shape index (κ3) is 2.50. The largest absolute Gasteiger partial charge is 0.383 e. The van der Waals surface area contributed by atoms with Crippen LogP contribution < -0.4 is 11.5 Å². The molecule has 2 unspecified atom stereocenters. The Hall–Kier alpha value is -1.93. The molecule has 1 fully saturated rings. The Bertz CT molecular complexity index is 897. The number of nitrogen functional groups attached to an aromatic ring is 1. The summed E-state index contributed by atoms with van der Waals surface area (Å²) in [5, 5.41) is 8.64. The number of fused-ring (bicyclic) bond motifs is 1. The van der Waals surface area contributed by atoms with Gasteiger partial charge in [-0.3, -0.25) is 4.68 Å². The van der Waals surface area contributed by atoms with Gasteiger partial charge in [-0.1, -0.05) is 6.42 Å². The summed E-state index contributed by atoms with van der Waals surface area (Å²) in [6.45, 7) is 0. The number of nitrogens with zero attached hydrogens (tertiary/aromatic N) is 5. The molecule has 0 aliphatic heterocycles. The minimum absolute atomic E-state index is 0.234. The lowest BCUT2D eigenvalue weighted by atomic mass is 9.84. The van der Waals surface area contributed by atoms with Crippen molar-refractivity contribution in [3.63, 3.8) is 0 Å². The molecule has 1 aliphatic carbocycles. The van der Waals surface area contributed by atoms with E-state index in [0.717, 1.165) is 52.6 Å². The first-order valence-electron chi connectivity index (χ1n) is 8.11. The molecular weight excluding hydrogens is 370 g/mol.